The van der Waals surface area contributed by atoms with Crippen LogP contribution < -0.4 is 0 Å². The fourth-order valence-corrected chi connectivity index (χ4v) is 4.52. The number of hydrogen-bond donors (Lipinski definition) is 1. The number of benzene rings is 1. The van der Waals surface area contributed by atoms with Gasteiger partial charge in [0.1, 0.15) is 0 Å². The highest BCUT2D eigenvalue weighted by Gasteiger charge is 2.41. The topological polar surface area (TPSA) is 46.5 Å². The van der Waals surface area contributed by atoms with Crippen LogP contribution in [0, 0.1) is 0 Å². The minimum atomic E-state index is -0.982. The predicted molar refractivity (Wildman–Crippen MR) is 84.4 cm³/mol. The van der Waals surface area contributed by atoms with Crippen molar-refractivity contribution in [2.45, 2.75) is 55.1 Å². The van der Waals surface area contributed by atoms with Crippen LogP contribution in [0.1, 0.15) is 48.9 Å². The summed E-state index contributed by atoms with van der Waals surface area (Å²) < 4.78 is 6.27. The summed E-state index contributed by atoms with van der Waals surface area (Å²) in [5.74, 6) is -0.105. The van der Waals surface area contributed by atoms with Gasteiger partial charge in [-0.1, -0.05) is 24.4 Å². The van der Waals surface area contributed by atoms with Crippen LogP contribution in [0.25, 0.3) is 0 Å². The van der Waals surface area contributed by atoms with Gasteiger partial charge >= 0.3 is 5.97 Å². The maximum absolute atomic E-state index is 11.1. The van der Waals surface area contributed by atoms with Crippen molar-refractivity contribution in [2.75, 3.05) is 5.75 Å². The lowest BCUT2D eigenvalue weighted by Crippen LogP contribution is -2.25. The molecule has 1 heterocycles. The first-order valence-electron chi connectivity index (χ1n) is 7.41. The smallest absolute Gasteiger partial charge is 0.337 e. The molecule has 2 fully saturated rings. The molecule has 1 spiro atoms. The fourth-order valence-electron chi connectivity index (χ4n) is 3.35. The zero-order valence-electron chi connectivity index (χ0n) is 11.8. The molecule has 1 atom stereocenters. The second kappa shape index (κ2) is 6.19. The Balaban J connectivity index is 1.58. The van der Waals surface area contributed by atoms with Crippen molar-refractivity contribution in [1.82, 2.24) is 0 Å². The van der Waals surface area contributed by atoms with Gasteiger partial charge in [0, 0.05) is 10.6 Å². The maximum atomic E-state index is 11.1. The Morgan fingerprint density at radius 2 is 2.14 bits per heavy atom. The molecule has 1 saturated heterocycles. The van der Waals surface area contributed by atoms with Gasteiger partial charge in [-0.05, 0) is 43.9 Å². The lowest BCUT2D eigenvalue weighted by Gasteiger charge is -2.23. The maximum Gasteiger partial charge on any atom is 0.337 e. The number of ether oxygens (including phenoxy) is 1. The first kappa shape index (κ1) is 15.2. The molecule has 2 aliphatic rings. The van der Waals surface area contributed by atoms with Crippen LogP contribution in [-0.4, -0.2) is 28.5 Å². The highest BCUT2D eigenvalue weighted by atomic mass is 35.5. The summed E-state index contributed by atoms with van der Waals surface area (Å²) in [7, 11) is 0. The molecule has 114 valence electrons. The van der Waals surface area contributed by atoms with Crippen molar-refractivity contribution in [3.05, 3.63) is 28.8 Å². The first-order valence-corrected chi connectivity index (χ1v) is 8.78. The van der Waals surface area contributed by atoms with Gasteiger partial charge in [-0.15, -0.1) is 11.8 Å². The second-order valence-corrected chi connectivity index (χ2v) is 7.43. The van der Waals surface area contributed by atoms with Gasteiger partial charge in [0.2, 0.25) is 0 Å². The van der Waals surface area contributed by atoms with Crippen LogP contribution in [0.15, 0.2) is 23.1 Å². The van der Waals surface area contributed by atoms with Crippen LogP contribution >= 0.6 is 23.4 Å². The van der Waals surface area contributed by atoms with Crippen molar-refractivity contribution in [1.29, 1.82) is 0 Å². The van der Waals surface area contributed by atoms with Crippen LogP contribution in [-0.2, 0) is 4.74 Å². The Bertz CT molecular complexity index is 540. The highest BCUT2D eigenvalue weighted by Crippen LogP contribution is 2.44. The Morgan fingerprint density at radius 3 is 2.86 bits per heavy atom. The molecule has 21 heavy (non-hydrogen) atoms. The number of carbonyl (C=O) groups is 1. The molecule has 1 aliphatic heterocycles. The van der Waals surface area contributed by atoms with E-state index in [1.807, 2.05) is 6.07 Å². The zero-order chi connectivity index (χ0) is 14.9. The van der Waals surface area contributed by atoms with Crippen LogP contribution in [0.4, 0.5) is 0 Å². The predicted octanol–water partition coefficient (Wildman–Crippen LogP) is 4.62. The van der Waals surface area contributed by atoms with Crippen molar-refractivity contribution in [3.8, 4) is 0 Å². The monoisotopic (exact) mass is 326 g/mol. The largest absolute Gasteiger partial charge is 0.478 e. The number of carboxylic acid groups (broad SMARTS) is 1. The third-order valence-corrected chi connectivity index (χ3v) is 5.91. The molecule has 1 N–H and O–H groups in total. The molecule has 3 nitrogen and oxygen atoms in total. The van der Waals surface area contributed by atoms with Crippen molar-refractivity contribution >= 4 is 29.3 Å². The third kappa shape index (κ3) is 3.38. The van der Waals surface area contributed by atoms with E-state index in [0.29, 0.717) is 0 Å². The van der Waals surface area contributed by atoms with E-state index in [4.69, 9.17) is 21.4 Å². The molecule has 0 aromatic heterocycles. The van der Waals surface area contributed by atoms with Gasteiger partial charge in [-0.25, -0.2) is 4.79 Å². The molecular weight excluding hydrogens is 308 g/mol. The van der Waals surface area contributed by atoms with Crippen LogP contribution in [0.3, 0.4) is 0 Å². The average Bonchev–Trinajstić information content (AvgIpc) is 3.08. The minimum Gasteiger partial charge on any atom is -0.478 e. The lowest BCUT2D eigenvalue weighted by atomic mass is 9.98. The van der Waals surface area contributed by atoms with Gasteiger partial charge in [0.05, 0.1) is 22.3 Å². The molecule has 1 aromatic carbocycles. The second-order valence-electron chi connectivity index (χ2n) is 5.93. The summed E-state index contributed by atoms with van der Waals surface area (Å²) >= 11 is 7.54. The molecule has 1 saturated carbocycles. The van der Waals surface area contributed by atoms with Crippen LogP contribution in [0.5, 0.6) is 0 Å². The number of thioether (sulfide) groups is 1. The number of carboxylic acids is 1. The standard InChI is InChI=1S/C16H19ClO3S/c17-14-4-3-12(9-13(14)15(18)19)21-10-11-5-8-16(20-11)6-1-2-7-16/h3-4,9,11H,1-2,5-8,10H2,(H,18,19). The summed E-state index contributed by atoms with van der Waals surface area (Å²) in [5.41, 5.74) is 0.332. The molecule has 0 bridgehead atoms. The molecule has 0 amide bonds. The summed E-state index contributed by atoms with van der Waals surface area (Å²) in [6.07, 6.45) is 7.58. The summed E-state index contributed by atoms with van der Waals surface area (Å²) in [6, 6.07) is 5.18. The van der Waals surface area contributed by atoms with Crippen LogP contribution in [0.2, 0.25) is 5.02 Å². The van der Waals surface area contributed by atoms with Crippen molar-refractivity contribution in [2.24, 2.45) is 0 Å². The summed E-state index contributed by atoms with van der Waals surface area (Å²) in [5, 5.41) is 9.38. The van der Waals surface area contributed by atoms with Crippen molar-refractivity contribution in [3.63, 3.8) is 0 Å². The SMILES string of the molecule is O=C(O)c1cc(SCC2CCC3(CCCC3)O2)ccc1Cl. The molecule has 0 radical (unpaired) electrons. The van der Waals surface area contributed by atoms with E-state index in [1.54, 1.807) is 23.9 Å². The van der Waals surface area contributed by atoms with Crippen molar-refractivity contribution < 1.29 is 14.6 Å². The summed E-state index contributed by atoms with van der Waals surface area (Å²) in [6.45, 7) is 0. The molecule has 5 heteroatoms. The van der Waals surface area contributed by atoms with E-state index >= 15 is 0 Å². The molecule has 3 rings (SSSR count). The normalized spacial score (nSPS) is 23.8. The highest BCUT2D eigenvalue weighted by molar-refractivity contribution is 7.99. The van der Waals surface area contributed by atoms with Gasteiger partial charge in [0.15, 0.2) is 0 Å². The Morgan fingerprint density at radius 1 is 1.38 bits per heavy atom. The van der Waals surface area contributed by atoms with Gasteiger partial charge < -0.3 is 9.84 Å². The average molecular weight is 327 g/mol. The molecule has 1 aliphatic carbocycles. The lowest BCUT2D eigenvalue weighted by molar-refractivity contribution is -0.0267. The number of halogens is 1. The van der Waals surface area contributed by atoms with Gasteiger partial charge in [-0.2, -0.15) is 0 Å². The van der Waals surface area contributed by atoms with Gasteiger partial charge in [0.25, 0.3) is 0 Å². The Labute approximate surface area is 134 Å². The number of aromatic carboxylic acids is 1. The number of hydrogen-bond acceptors (Lipinski definition) is 3. The molecule has 1 aromatic rings. The molecule has 1 unspecified atom stereocenters. The van der Waals surface area contributed by atoms with E-state index in [9.17, 15) is 4.79 Å². The Hall–Kier alpha value is -0.710. The van der Waals surface area contributed by atoms with E-state index < -0.39 is 5.97 Å². The van der Waals surface area contributed by atoms with E-state index in [-0.39, 0.29) is 22.3 Å². The fraction of sp³-hybridized carbons (Fsp3) is 0.562. The Kier molecular flexibility index (Phi) is 4.48. The first-order chi connectivity index (χ1) is 10.1. The van der Waals surface area contributed by atoms with E-state index in [0.717, 1.165) is 17.1 Å². The quantitative estimate of drug-likeness (QED) is 0.820. The van der Waals surface area contributed by atoms with E-state index in [1.165, 1.54) is 32.1 Å². The third-order valence-electron chi connectivity index (χ3n) is 4.46. The van der Waals surface area contributed by atoms with Gasteiger partial charge in [-0.3, -0.25) is 0 Å². The minimum absolute atomic E-state index is 0.164. The number of rotatable bonds is 4. The zero-order valence-corrected chi connectivity index (χ0v) is 13.4. The molecular formula is C16H19ClO3S. The van der Waals surface area contributed by atoms with E-state index in [2.05, 4.69) is 0 Å². The summed E-state index contributed by atoms with van der Waals surface area (Å²) in [4.78, 5) is 12.0.